The molecule has 0 aliphatic carbocycles. The fraction of sp³-hybridized carbons (Fsp3) is 0.159. The maximum atomic E-state index is 13.0. The van der Waals surface area contributed by atoms with Gasteiger partial charge in [-0.1, -0.05) is 188 Å². The summed E-state index contributed by atoms with van der Waals surface area (Å²) in [4.78, 5) is 13.0. The van der Waals surface area contributed by atoms with E-state index in [4.69, 9.17) is 0 Å². The molecular weight excluding hydrogens is 588 g/mol. The van der Waals surface area contributed by atoms with Crippen molar-refractivity contribution in [2.45, 2.75) is 36.4 Å². The normalized spacial score (nSPS) is 12.3. The zero-order valence-electron chi connectivity index (χ0n) is 27.1. The molecule has 0 heterocycles. The first-order valence-corrected chi connectivity index (χ1v) is 16.7. The summed E-state index contributed by atoms with van der Waals surface area (Å²) in [6.45, 7) is 0.701. The zero-order valence-corrected chi connectivity index (χ0v) is 27.1. The molecule has 0 spiro atoms. The predicted octanol–water partition coefficient (Wildman–Crippen LogP) is 8.77. The van der Waals surface area contributed by atoms with Crippen molar-refractivity contribution >= 4 is 5.97 Å². The number of carboxylic acid groups (broad SMARTS) is 1. The standard InChI is InChI=1S/C44H42N2O2/c47-42(48)41(46-44(38-27-13-4-14-28-38,39-29-15-5-16-30-39)40-31-17-6-18-32-40)33-19-20-34-45-43(35-21-7-1-8-22-35,36-23-9-2-10-24-36)37-25-11-3-12-26-37/h1-18,21-32,41,45-46H,19-20,33-34H2,(H,47,48)/t41-/m0/s1. The van der Waals surface area contributed by atoms with Crippen molar-refractivity contribution < 1.29 is 9.90 Å². The van der Waals surface area contributed by atoms with Crippen LogP contribution in [0.2, 0.25) is 0 Å². The molecule has 0 saturated heterocycles. The summed E-state index contributed by atoms with van der Waals surface area (Å²) < 4.78 is 0. The Morgan fingerprint density at radius 1 is 0.458 bits per heavy atom. The predicted molar refractivity (Wildman–Crippen MR) is 195 cm³/mol. The Kier molecular flexibility index (Phi) is 10.6. The smallest absolute Gasteiger partial charge is 0.320 e. The Morgan fingerprint density at radius 3 is 1.04 bits per heavy atom. The van der Waals surface area contributed by atoms with Crippen LogP contribution in [-0.2, 0) is 15.9 Å². The SMILES string of the molecule is O=C(O)[C@H](CCCCNC(c1ccccc1)(c1ccccc1)c1ccccc1)NC(c1ccccc1)(c1ccccc1)c1ccccc1. The Labute approximate surface area is 284 Å². The first-order valence-electron chi connectivity index (χ1n) is 16.7. The summed E-state index contributed by atoms with van der Waals surface area (Å²) >= 11 is 0. The van der Waals surface area contributed by atoms with Gasteiger partial charge in [-0.25, -0.2) is 0 Å². The van der Waals surface area contributed by atoms with Gasteiger partial charge < -0.3 is 5.11 Å². The van der Waals surface area contributed by atoms with Gasteiger partial charge in [0.1, 0.15) is 6.04 Å². The fourth-order valence-electron chi connectivity index (χ4n) is 6.95. The maximum Gasteiger partial charge on any atom is 0.320 e. The van der Waals surface area contributed by atoms with E-state index >= 15 is 0 Å². The average Bonchev–Trinajstić information content (AvgIpc) is 3.16. The summed E-state index contributed by atoms with van der Waals surface area (Å²) in [5.41, 5.74) is 5.05. The number of benzene rings is 6. The number of aliphatic carboxylic acids is 1. The van der Waals surface area contributed by atoms with Crippen molar-refractivity contribution in [3.05, 3.63) is 215 Å². The van der Waals surface area contributed by atoms with Crippen LogP contribution in [0.3, 0.4) is 0 Å². The number of hydrogen-bond donors (Lipinski definition) is 3. The second-order valence-corrected chi connectivity index (χ2v) is 12.2. The van der Waals surface area contributed by atoms with Gasteiger partial charge in [0.25, 0.3) is 0 Å². The summed E-state index contributed by atoms with van der Waals surface area (Å²) in [6, 6.07) is 61.4. The molecule has 0 radical (unpaired) electrons. The minimum Gasteiger partial charge on any atom is -0.480 e. The number of rotatable bonds is 15. The molecule has 48 heavy (non-hydrogen) atoms. The Morgan fingerprint density at radius 2 is 0.750 bits per heavy atom. The average molecular weight is 631 g/mol. The highest BCUT2D eigenvalue weighted by Crippen LogP contribution is 2.39. The van der Waals surface area contributed by atoms with Gasteiger partial charge in [-0.15, -0.1) is 0 Å². The lowest BCUT2D eigenvalue weighted by Gasteiger charge is -2.39. The van der Waals surface area contributed by atoms with E-state index in [2.05, 4.69) is 120 Å². The lowest BCUT2D eigenvalue weighted by atomic mass is 9.76. The van der Waals surface area contributed by atoms with E-state index in [0.717, 1.165) is 46.2 Å². The third kappa shape index (κ3) is 6.86. The Bertz CT molecular complexity index is 1640. The van der Waals surface area contributed by atoms with Crippen LogP contribution in [0, 0.1) is 0 Å². The third-order valence-electron chi connectivity index (χ3n) is 9.24. The molecule has 240 valence electrons. The Hall–Kier alpha value is -5.29. The number of unbranched alkanes of at least 4 members (excludes halogenated alkanes) is 1. The molecule has 0 bridgehead atoms. The number of hydrogen-bond acceptors (Lipinski definition) is 3. The lowest BCUT2D eigenvalue weighted by molar-refractivity contribution is -0.140. The maximum absolute atomic E-state index is 13.0. The zero-order chi connectivity index (χ0) is 33.1. The van der Waals surface area contributed by atoms with Crippen LogP contribution in [0.15, 0.2) is 182 Å². The van der Waals surface area contributed by atoms with Gasteiger partial charge in [0.2, 0.25) is 0 Å². The molecule has 6 aromatic carbocycles. The van der Waals surface area contributed by atoms with Crippen LogP contribution in [0.1, 0.15) is 52.6 Å². The molecule has 1 atom stereocenters. The van der Waals surface area contributed by atoms with Crippen molar-refractivity contribution in [3.8, 4) is 0 Å². The molecule has 6 rings (SSSR count). The second kappa shape index (κ2) is 15.5. The van der Waals surface area contributed by atoms with Crippen LogP contribution in [-0.4, -0.2) is 23.7 Å². The molecule has 4 nitrogen and oxygen atoms in total. The van der Waals surface area contributed by atoms with Gasteiger partial charge in [0.05, 0.1) is 11.1 Å². The second-order valence-electron chi connectivity index (χ2n) is 12.2. The van der Waals surface area contributed by atoms with Crippen LogP contribution >= 0.6 is 0 Å². The molecule has 0 aliphatic rings. The summed E-state index contributed by atoms with van der Waals surface area (Å²) in [7, 11) is 0. The highest BCUT2D eigenvalue weighted by atomic mass is 16.4. The molecule has 0 unspecified atom stereocenters. The van der Waals surface area contributed by atoms with Crippen molar-refractivity contribution in [2.24, 2.45) is 0 Å². The lowest BCUT2D eigenvalue weighted by Crippen LogP contribution is -2.52. The van der Waals surface area contributed by atoms with Crippen molar-refractivity contribution in [1.82, 2.24) is 10.6 Å². The summed E-state index contributed by atoms with van der Waals surface area (Å²) in [5.74, 6) is -0.859. The highest BCUT2D eigenvalue weighted by Gasteiger charge is 2.40. The summed E-state index contributed by atoms with van der Waals surface area (Å²) in [6.07, 6.45) is 1.99. The van der Waals surface area contributed by atoms with Crippen molar-refractivity contribution in [1.29, 1.82) is 0 Å². The molecular formula is C44H42N2O2. The van der Waals surface area contributed by atoms with E-state index in [1.165, 1.54) is 0 Å². The first-order chi connectivity index (χ1) is 23.6. The van der Waals surface area contributed by atoms with Gasteiger partial charge in [-0.3, -0.25) is 15.4 Å². The molecule has 3 N–H and O–H groups in total. The van der Waals surface area contributed by atoms with Crippen LogP contribution in [0.25, 0.3) is 0 Å². The molecule has 0 aromatic heterocycles. The van der Waals surface area contributed by atoms with Crippen LogP contribution in [0.5, 0.6) is 0 Å². The minimum atomic E-state index is -0.859. The first kappa shape index (κ1) is 32.6. The largest absolute Gasteiger partial charge is 0.480 e. The minimum absolute atomic E-state index is 0.472. The molecule has 4 heteroatoms. The van der Waals surface area contributed by atoms with E-state index in [1.54, 1.807) is 0 Å². The van der Waals surface area contributed by atoms with Gasteiger partial charge in [0, 0.05) is 0 Å². The van der Waals surface area contributed by atoms with E-state index in [-0.39, 0.29) is 0 Å². The van der Waals surface area contributed by atoms with E-state index in [0.29, 0.717) is 13.0 Å². The molecule has 0 fully saturated rings. The summed E-state index contributed by atoms with van der Waals surface area (Å²) in [5, 5.41) is 18.3. The molecule has 6 aromatic rings. The van der Waals surface area contributed by atoms with Gasteiger partial charge in [0.15, 0.2) is 0 Å². The molecule has 0 saturated carbocycles. The Balaban J connectivity index is 1.27. The van der Waals surface area contributed by atoms with Gasteiger partial charge in [-0.05, 0) is 52.8 Å². The monoisotopic (exact) mass is 630 g/mol. The quantitative estimate of drug-likeness (QED) is 0.0784. The molecule has 0 aliphatic heterocycles. The number of nitrogens with one attached hydrogen (secondary N) is 2. The third-order valence-corrected chi connectivity index (χ3v) is 9.24. The topological polar surface area (TPSA) is 61.4 Å². The van der Waals surface area contributed by atoms with Crippen molar-refractivity contribution in [2.75, 3.05) is 6.54 Å². The van der Waals surface area contributed by atoms with Crippen molar-refractivity contribution in [3.63, 3.8) is 0 Å². The molecule has 0 amide bonds. The van der Waals surface area contributed by atoms with Gasteiger partial charge >= 0.3 is 5.97 Å². The van der Waals surface area contributed by atoms with E-state index in [9.17, 15) is 9.90 Å². The number of carbonyl (C=O) groups is 1. The highest BCUT2D eigenvalue weighted by molar-refractivity contribution is 5.74. The number of carboxylic acids is 1. The van der Waals surface area contributed by atoms with E-state index in [1.807, 2.05) is 72.8 Å². The van der Waals surface area contributed by atoms with Gasteiger partial charge in [-0.2, -0.15) is 0 Å². The van der Waals surface area contributed by atoms with Crippen LogP contribution < -0.4 is 10.6 Å². The fourth-order valence-corrected chi connectivity index (χ4v) is 6.95. The van der Waals surface area contributed by atoms with Crippen LogP contribution in [0.4, 0.5) is 0 Å². The van der Waals surface area contributed by atoms with E-state index < -0.39 is 23.1 Å².